The standard InChI is InChI=1S/C10H16N4O.2ClH/c1-8-6-13-9(7-12-8)10(15)14(3)5-4-11-2;;/h6-7,11H,4-5H2,1-3H3;2*1H. The quantitative estimate of drug-likeness (QED) is 0.891. The average molecular weight is 281 g/mol. The highest BCUT2D eigenvalue weighted by Gasteiger charge is 2.12. The van der Waals surface area contributed by atoms with Crippen LogP contribution in [0.1, 0.15) is 16.2 Å². The minimum atomic E-state index is -0.0993. The maximum absolute atomic E-state index is 11.8. The Balaban J connectivity index is 0. The van der Waals surface area contributed by atoms with Gasteiger partial charge in [0.1, 0.15) is 5.69 Å². The van der Waals surface area contributed by atoms with Gasteiger partial charge >= 0.3 is 0 Å². The van der Waals surface area contributed by atoms with E-state index in [1.165, 1.54) is 6.20 Å². The summed E-state index contributed by atoms with van der Waals surface area (Å²) in [7, 11) is 3.60. The predicted molar refractivity (Wildman–Crippen MR) is 72.2 cm³/mol. The molecule has 1 heterocycles. The van der Waals surface area contributed by atoms with Crippen LogP contribution < -0.4 is 5.32 Å². The van der Waals surface area contributed by atoms with Crippen molar-refractivity contribution in [3.63, 3.8) is 0 Å². The first kappa shape index (κ1) is 18.5. The molecule has 0 saturated heterocycles. The molecule has 0 aromatic carbocycles. The lowest BCUT2D eigenvalue weighted by Crippen LogP contribution is -2.33. The monoisotopic (exact) mass is 280 g/mol. The number of halogens is 2. The average Bonchev–Trinajstić information content (AvgIpc) is 2.26. The van der Waals surface area contributed by atoms with Crippen LogP contribution in [0.5, 0.6) is 0 Å². The smallest absolute Gasteiger partial charge is 0.273 e. The summed E-state index contributed by atoms with van der Waals surface area (Å²) in [4.78, 5) is 21.4. The Morgan fingerprint density at radius 2 is 2.00 bits per heavy atom. The van der Waals surface area contributed by atoms with Gasteiger partial charge in [-0.25, -0.2) is 4.98 Å². The Labute approximate surface area is 114 Å². The highest BCUT2D eigenvalue weighted by atomic mass is 35.5. The van der Waals surface area contributed by atoms with Gasteiger partial charge in [0, 0.05) is 26.3 Å². The zero-order chi connectivity index (χ0) is 11.3. The van der Waals surface area contributed by atoms with Crippen molar-refractivity contribution in [2.75, 3.05) is 27.2 Å². The molecule has 0 aliphatic carbocycles. The molecule has 1 aromatic heterocycles. The summed E-state index contributed by atoms with van der Waals surface area (Å²) in [5.41, 5.74) is 1.20. The Hall–Kier alpha value is -0.910. The summed E-state index contributed by atoms with van der Waals surface area (Å²) < 4.78 is 0. The Bertz CT molecular complexity index is 332. The number of carbonyl (C=O) groups is 1. The molecule has 0 aliphatic heterocycles. The molecule has 0 spiro atoms. The molecule has 0 aliphatic rings. The number of likely N-dealkylation sites (N-methyl/N-ethyl adjacent to an activating group) is 2. The van der Waals surface area contributed by atoms with Gasteiger partial charge in [-0.05, 0) is 14.0 Å². The van der Waals surface area contributed by atoms with E-state index in [1.54, 1.807) is 18.1 Å². The maximum atomic E-state index is 11.8. The van der Waals surface area contributed by atoms with Gasteiger partial charge in [-0.1, -0.05) is 0 Å². The molecule has 0 bridgehead atoms. The van der Waals surface area contributed by atoms with Crippen molar-refractivity contribution in [1.82, 2.24) is 20.2 Å². The van der Waals surface area contributed by atoms with Crippen LogP contribution >= 0.6 is 24.8 Å². The molecule has 1 amide bonds. The van der Waals surface area contributed by atoms with Crippen LogP contribution in [0, 0.1) is 6.92 Å². The van der Waals surface area contributed by atoms with E-state index in [4.69, 9.17) is 0 Å². The lowest BCUT2D eigenvalue weighted by atomic mass is 10.3. The van der Waals surface area contributed by atoms with E-state index in [9.17, 15) is 4.79 Å². The Morgan fingerprint density at radius 3 is 2.47 bits per heavy atom. The summed E-state index contributed by atoms with van der Waals surface area (Å²) in [6, 6.07) is 0. The van der Waals surface area contributed by atoms with Crippen LogP contribution in [-0.4, -0.2) is 48.0 Å². The second-order valence-corrected chi connectivity index (χ2v) is 3.37. The lowest BCUT2D eigenvalue weighted by molar-refractivity contribution is 0.0790. The van der Waals surface area contributed by atoms with Gasteiger partial charge in [-0.15, -0.1) is 24.8 Å². The normalized spacial score (nSPS) is 8.88. The zero-order valence-corrected chi connectivity index (χ0v) is 11.8. The largest absolute Gasteiger partial charge is 0.339 e. The fourth-order valence-electron chi connectivity index (χ4n) is 1.08. The number of nitrogens with zero attached hydrogens (tertiary/aromatic N) is 3. The Kier molecular flexibility index (Phi) is 9.94. The van der Waals surface area contributed by atoms with Gasteiger partial charge in [0.2, 0.25) is 0 Å². The molecule has 7 heteroatoms. The number of hydrogen-bond acceptors (Lipinski definition) is 4. The molecule has 0 radical (unpaired) electrons. The summed E-state index contributed by atoms with van der Waals surface area (Å²) in [6.45, 7) is 3.26. The fourth-order valence-corrected chi connectivity index (χ4v) is 1.08. The van der Waals surface area contributed by atoms with Crippen molar-refractivity contribution >= 4 is 30.7 Å². The first-order valence-electron chi connectivity index (χ1n) is 4.84. The molecule has 0 saturated carbocycles. The van der Waals surface area contributed by atoms with E-state index < -0.39 is 0 Å². The van der Waals surface area contributed by atoms with Crippen LogP contribution in [-0.2, 0) is 0 Å². The molecule has 1 rings (SSSR count). The van der Waals surface area contributed by atoms with Gasteiger partial charge in [-0.3, -0.25) is 9.78 Å². The van der Waals surface area contributed by atoms with Crippen molar-refractivity contribution < 1.29 is 4.79 Å². The van der Waals surface area contributed by atoms with Crippen molar-refractivity contribution in [3.05, 3.63) is 23.8 Å². The third kappa shape index (κ3) is 5.81. The number of amides is 1. The first-order valence-corrected chi connectivity index (χ1v) is 4.84. The number of nitrogens with one attached hydrogen (secondary N) is 1. The zero-order valence-electron chi connectivity index (χ0n) is 10.1. The van der Waals surface area contributed by atoms with Crippen molar-refractivity contribution in [2.45, 2.75) is 6.92 Å². The molecule has 17 heavy (non-hydrogen) atoms. The SMILES string of the molecule is CNCCN(C)C(=O)c1cnc(C)cn1.Cl.Cl. The minimum absolute atomic E-state index is 0. The third-order valence-corrected chi connectivity index (χ3v) is 2.04. The van der Waals surface area contributed by atoms with Crippen molar-refractivity contribution in [2.24, 2.45) is 0 Å². The second kappa shape index (κ2) is 9.15. The first-order chi connectivity index (χ1) is 7.15. The number of carbonyl (C=O) groups excluding carboxylic acids is 1. The molecular formula is C10H18Cl2N4O. The van der Waals surface area contributed by atoms with Gasteiger partial charge in [0.05, 0.1) is 11.9 Å². The fraction of sp³-hybridized carbons (Fsp3) is 0.500. The maximum Gasteiger partial charge on any atom is 0.273 e. The highest BCUT2D eigenvalue weighted by molar-refractivity contribution is 5.91. The molecule has 1 aromatic rings. The van der Waals surface area contributed by atoms with E-state index in [0.29, 0.717) is 12.2 Å². The molecule has 0 fully saturated rings. The third-order valence-electron chi connectivity index (χ3n) is 2.04. The lowest BCUT2D eigenvalue weighted by Gasteiger charge is -2.15. The van der Waals surface area contributed by atoms with Gasteiger partial charge in [0.15, 0.2) is 0 Å². The second-order valence-electron chi connectivity index (χ2n) is 3.37. The van der Waals surface area contributed by atoms with Crippen LogP contribution in [0.25, 0.3) is 0 Å². The Morgan fingerprint density at radius 1 is 1.35 bits per heavy atom. The van der Waals surface area contributed by atoms with Crippen LogP contribution in [0.4, 0.5) is 0 Å². The van der Waals surface area contributed by atoms with Crippen LogP contribution in [0.2, 0.25) is 0 Å². The minimum Gasteiger partial charge on any atom is -0.339 e. The molecular weight excluding hydrogens is 263 g/mol. The molecule has 0 atom stereocenters. The summed E-state index contributed by atoms with van der Waals surface area (Å²) in [6.07, 6.45) is 3.10. The summed E-state index contributed by atoms with van der Waals surface area (Å²) in [5.74, 6) is -0.0993. The van der Waals surface area contributed by atoms with E-state index in [0.717, 1.165) is 12.2 Å². The van der Waals surface area contributed by atoms with E-state index in [-0.39, 0.29) is 30.7 Å². The molecule has 98 valence electrons. The topological polar surface area (TPSA) is 58.1 Å². The van der Waals surface area contributed by atoms with E-state index >= 15 is 0 Å². The van der Waals surface area contributed by atoms with Gasteiger partial charge in [-0.2, -0.15) is 0 Å². The van der Waals surface area contributed by atoms with Crippen molar-refractivity contribution in [1.29, 1.82) is 0 Å². The van der Waals surface area contributed by atoms with Crippen LogP contribution in [0.3, 0.4) is 0 Å². The number of hydrogen-bond donors (Lipinski definition) is 1. The molecule has 5 nitrogen and oxygen atoms in total. The van der Waals surface area contributed by atoms with E-state index in [1.807, 2.05) is 14.0 Å². The summed E-state index contributed by atoms with van der Waals surface area (Å²) in [5, 5.41) is 2.98. The predicted octanol–water partition coefficient (Wildman–Crippen LogP) is 0.920. The molecule has 0 unspecified atom stereocenters. The van der Waals surface area contributed by atoms with E-state index in [2.05, 4.69) is 15.3 Å². The molecule has 1 N–H and O–H groups in total. The summed E-state index contributed by atoms with van der Waals surface area (Å²) >= 11 is 0. The van der Waals surface area contributed by atoms with Gasteiger partial charge in [0.25, 0.3) is 5.91 Å². The van der Waals surface area contributed by atoms with Crippen molar-refractivity contribution in [3.8, 4) is 0 Å². The number of aryl methyl sites for hydroxylation is 1. The van der Waals surface area contributed by atoms with Crippen LogP contribution in [0.15, 0.2) is 12.4 Å². The number of rotatable bonds is 4. The number of aromatic nitrogens is 2. The highest BCUT2D eigenvalue weighted by Crippen LogP contribution is 1.98. The van der Waals surface area contributed by atoms with Gasteiger partial charge < -0.3 is 10.2 Å².